The minimum atomic E-state index is -3.82. The Bertz CT molecular complexity index is 982. The molecule has 3 rings (SSSR count). The second-order valence-corrected chi connectivity index (χ2v) is 9.48. The number of halogens is 2. The lowest BCUT2D eigenvalue weighted by atomic mass is 10.0. The number of morpholine rings is 1. The molecule has 2 aromatic carbocycles. The van der Waals surface area contributed by atoms with Gasteiger partial charge >= 0.3 is 0 Å². The minimum Gasteiger partial charge on any atom is -0.496 e. The molecule has 1 fully saturated rings. The molecule has 0 radical (unpaired) electrons. The Morgan fingerprint density at radius 1 is 1.37 bits per heavy atom. The van der Waals surface area contributed by atoms with Crippen LogP contribution in [0.5, 0.6) is 5.75 Å². The van der Waals surface area contributed by atoms with Crippen LogP contribution in [0.2, 0.25) is 5.02 Å². The Morgan fingerprint density at radius 3 is 2.77 bits per heavy atom. The zero-order valence-electron chi connectivity index (χ0n) is 17.2. The van der Waals surface area contributed by atoms with E-state index < -0.39 is 21.9 Å². The molecule has 1 aliphatic heterocycles. The second-order valence-electron chi connectivity index (χ2n) is 7.31. The Hall–Kier alpha value is -1.71. The van der Waals surface area contributed by atoms with E-state index in [0.717, 1.165) is 0 Å². The molecule has 9 heteroatoms. The third-order valence-electron chi connectivity index (χ3n) is 5.19. The first-order valence-corrected chi connectivity index (χ1v) is 11.5. The fourth-order valence-electron chi connectivity index (χ4n) is 3.66. The standard InChI is InChI=1S/C21H26ClFN2O4S/c1-14-11-16(7-8-20(14)28-3)30(26,27)24-12-19(25-9-10-29-15(2)13-25)21-17(22)5-4-6-18(21)23/h4-8,11,15,19,24H,9-10,12-13H2,1-3H3. The summed E-state index contributed by atoms with van der Waals surface area (Å²) in [5.74, 6) is 0.137. The van der Waals surface area contributed by atoms with Gasteiger partial charge in [0.05, 0.1) is 30.8 Å². The molecule has 0 aliphatic carbocycles. The van der Waals surface area contributed by atoms with Crippen LogP contribution in [0.4, 0.5) is 4.39 Å². The van der Waals surface area contributed by atoms with E-state index in [0.29, 0.717) is 31.0 Å². The van der Waals surface area contributed by atoms with Crippen LogP contribution >= 0.6 is 11.6 Å². The van der Waals surface area contributed by atoms with Gasteiger partial charge in [-0.1, -0.05) is 17.7 Å². The fourth-order valence-corrected chi connectivity index (χ4v) is 5.07. The van der Waals surface area contributed by atoms with Crippen molar-refractivity contribution in [1.82, 2.24) is 9.62 Å². The molecule has 2 unspecified atom stereocenters. The van der Waals surface area contributed by atoms with Crippen LogP contribution in [0.25, 0.3) is 0 Å². The van der Waals surface area contributed by atoms with Gasteiger partial charge in [-0.3, -0.25) is 4.90 Å². The van der Waals surface area contributed by atoms with E-state index in [2.05, 4.69) is 4.72 Å². The molecule has 0 amide bonds. The predicted molar refractivity (Wildman–Crippen MR) is 114 cm³/mol. The van der Waals surface area contributed by atoms with Gasteiger partial charge in [-0.2, -0.15) is 0 Å². The van der Waals surface area contributed by atoms with Gasteiger partial charge in [0, 0.05) is 30.2 Å². The number of rotatable bonds is 7. The topological polar surface area (TPSA) is 67.9 Å². The summed E-state index contributed by atoms with van der Waals surface area (Å²) in [6, 6.07) is 8.54. The lowest BCUT2D eigenvalue weighted by molar-refractivity contribution is -0.0342. The molecule has 2 atom stereocenters. The molecule has 0 spiro atoms. The zero-order chi connectivity index (χ0) is 21.9. The van der Waals surface area contributed by atoms with E-state index in [9.17, 15) is 12.8 Å². The highest BCUT2D eigenvalue weighted by Gasteiger charge is 2.30. The van der Waals surface area contributed by atoms with Crippen molar-refractivity contribution in [2.45, 2.75) is 30.9 Å². The summed E-state index contributed by atoms with van der Waals surface area (Å²) in [6.45, 7) is 5.24. The van der Waals surface area contributed by atoms with Crippen molar-refractivity contribution in [2.75, 3.05) is 33.4 Å². The SMILES string of the molecule is COc1ccc(S(=O)(=O)NCC(c2c(F)cccc2Cl)N2CCOC(C)C2)cc1C. The molecule has 1 heterocycles. The zero-order valence-corrected chi connectivity index (χ0v) is 18.8. The fraction of sp³-hybridized carbons (Fsp3) is 0.429. The number of hydrogen-bond acceptors (Lipinski definition) is 5. The molecule has 0 aromatic heterocycles. The van der Waals surface area contributed by atoms with Crippen molar-refractivity contribution in [2.24, 2.45) is 0 Å². The summed E-state index contributed by atoms with van der Waals surface area (Å²) in [7, 11) is -2.29. The summed E-state index contributed by atoms with van der Waals surface area (Å²) < 4.78 is 53.9. The van der Waals surface area contributed by atoms with Crippen molar-refractivity contribution >= 4 is 21.6 Å². The van der Waals surface area contributed by atoms with Gasteiger partial charge in [0.1, 0.15) is 11.6 Å². The summed E-state index contributed by atoms with van der Waals surface area (Å²) in [5.41, 5.74) is 0.984. The Morgan fingerprint density at radius 2 is 2.13 bits per heavy atom. The summed E-state index contributed by atoms with van der Waals surface area (Å²) in [6.07, 6.45) is -0.0485. The number of nitrogens with one attached hydrogen (secondary N) is 1. The van der Waals surface area contributed by atoms with Crippen molar-refractivity contribution < 1.29 is 22.3 Å². The smallest absolute Gasteiger partial charge is 0.240 e. The van der Waals surface area contributed by atoms with E-state index in [1.165, 1.54) is 25.3 Å². The van der Waals surface area contributed by atoms with Crippen LogP contribution in [-0.2, 0) is 14.8 Å². The van der Waals surface area contributed by atoms with Crippen LogP contribution < -0.4 is 9.46 Å². The Kier molecular flexibility index (Phi) is 7.36. The van der Waals surface area contributed by atoms with E-state index in [4.69, 9.17) is 21.1 Å². The van der Waals surface area contributed by atoms with E-state index in [1.807, 2.05) is 11.8 Å². The largest absolute Gasteiger partial charge is 0.496 e. The quantitative estimate of drug-likeness (QED) is 0.690. The van der Waals surface area contributed by atoms with Crippen LogP contribution in [0.1, 0.15) is 24.1 Å². The summed E-state index contributed by atoms with van der Waals surface area (Å²) >= 11 is 6.31. The number of benzene rings is 2. The molecule has 6 nitrogen and oxygen atoms in total. The van der Waals surface area contributed by atoms with Crippen molar-refractivity contribution in [3.8, 4) is 5.75 Å². The van der Waals surface area contributed by atoms with Crippen LogP contribution in [-0.4, -0.2) is 52.8 Å². The van der Waals surface area contributed by atoms with E-state index in [-0.39, 0.29) is 28.1 Å². The third kappa shape index (κ3) is 5.12. The monoisotopic (exact) mass is 456 g/mol. The van der Waals surface area contributed by atoms with Crippen LogP contribution in [0.3, 0.4) is 0 Å². The Balaban J connectivity index is 1.89. The maximum Gasteiger partial charge on any atom is 0.240 e. The van der Waals surface area contributed by atoms with Gasteiger partial charge in [-0.15, -0.1) is 0 Å². The van der Waals surface area contributed by atoms with Crippen LogP contribution in [0, 0.1) is 12.7 Å². The molecule has 0 saturated carbocycles. The molecular weight excluding hydrogens is 431 g/mol. The molecule has 1 saturated heterocycles. The molecule has 164 valence electrons. The lowest BCUT2D eigenvalue weighted by Gasteiger charge is -2.38. The molecule has 30 heavy (non-hydrogen) atoms. The number of ether oxygens (including phenoxy) is 2. The minimum absolute atomic E-state index is 0.0270. The Labute approximate surface area is 182 Å². The van der Waals surface area contributed by atoms with Crippen LogP contribution in [0.15, 0.2) is 41.3 Å². The van der Waals surface area contributed by atoms with Gasteiger partial charge in [0.2, 0.25) is 10.0 Å². The van der Waals surface area contributed by atoms with Gasteiger partial charge in [-0.25, -0.2) is 17.5 Å². The highest BCUT2D eigenvalue weighted by molar-refractivity contribution is 7.89. The number of aryl methyl sites for hydroxylation is 1. The van der Waals surface area contributed by atoms with Gasteiger partial charge in [-0.05, 0) is 49.7 Å². The van der Waals surface area contributed by atoms with Gasteiger partial charge < -0.3 is 9.47 Å². The highest BCUT2D eigenvalue weighted by Crippen LogP contribution is 2.31. The highest BCUT2D eigenvalue weighted by atomic mass is 35.5. The molecule has 1 aliphatic rings. The first-order chi connectivity index (χ1) is 14.2. The van der Waals surface area contributed by atoms with Crippen molar-refractivity contribution in [3.63, 3.8) is 0 Å². The number of hydrogen-bond donors (Lipinski definition) is 1. The predicted octanol–water partition coefficient (Wildman–Crippen LogP) is 3.54. The molecular formula is C21H26ClFN2O4S. The number of nitrogens with zero attached hydrogens (tertiary/aromatic N) is 1. The van der Waals surface area contributed by atoms with E-state index in [1.54, 1.807) is 25.1 Å². The van der Waals surface area contributed by atoms with E-state index >= 15 is 0 Å². The average Bonchev–Trinajstić information content (AvgIpc) is 2.70. The second kappa shape index (κ2) is 9.62. The number of sulfonamides is 1. The molecule has 1 N–H and O–H groups in total. The van der Waals surface area contributed by atoms with Crippen molar-refractivity contribution in [3.05, 3.63) is 58.4 Å². The third-order valence-corrected chi connectivity index (χ3v) is 6.94. The van der Waals surface area contributed by atoms with Gasteiger partial charge in [0.25, 0.3) is 0 Å². The average molecular weight is 457 g/mol. The van der Waals surface area contributed by atoms with Crippen molar-refractivity contribution in [1.29, 1.82) is 0 Å². The first kappa shape index (κ1) is 23.0. The summed E-state index contributed by atoms with van der Waals surface area (Å²) in [4.78, 5) is 2.12. The normalized spacial score (nSPS) is 18.9. The lowest BCUT2D eigenvalue weighted by Crippen LogP contribution is -2.46. The number of methoxy groups -OCH3 is 1. The first-order valence-electron chi connectivity index (χ1n) is 9.67. The maximum absolute atomic E-state index is 14.7. The summed E-state index contributed by atoms with van der Waals surface area (Å²) in [5, 5.41) is 0.263. The maximum atomic E-state index is 14.7. The molecule has 2 aromatic rings. The molecule has 0 bridgehead atoms. The van der Waals surface area contributed by atoms with Gasteiger partial charge in [0.15, 0.2) is 0 Å².